The lowest BCUT2D eigenvalue weighted by atomic mass is 9.98. The van der Waals surface area contributed by atoms with Gasteiger partial charge in [0.15, 0.2) is 6.29 Å². The molecule has 0 spiro atoms. The van der Waals surface area contributed by atoms with Gasteiger partial charge in [-0.2, -0.15) is 0 Å². The second-order valence-electron chi connectivity index (χ2n) is 8.56. The summed E-state index contributed by atoms with van der Waals surface area (Å²) in [6.45, 7) is 10.4. The molecule has 1 rings (SSSR count). The molecule has 5 nitrogen and oxygen atoms in total. The van der Waals surface area contributed by atoms with Crippen LogP contribution < -0.4 is 0 Å². The van der Waals surface area contributed by atoms with Gasteiger partial charge in [0.2, 0.25) is 0 Å². The number of esters is 1. The van der Waals surface area contributed by atoms with Gasteiger partial charge in [0.1, 0.15) is 0 Å². The summed E-state index contributed by atoms with van der Waals surface area (Å²) in [5.41, 5.74) is 0. The van der Waals surface area contributed by atoms with E-state index in [2.05, 4.69) is 19.6 Å². The van der Waals surface area contributed by atoms with Crippen molar-refractivity contribution < 1.29 is 24.1 Å². The first kappa shape index (κ1) is 23.6. The van der Waals surface area contributed by atoms with Gasteiger partial charge in [-0.25, -0.2) is 0 Å². The van der Waals surface area contributed by atoms with E-state index in [0.29, 0.717) is 13.0 Å². The highest BCUT2D eigenvalue weighted by atomic mass is 28.3. The molecule has 0 aliphatic carbocycles. The van der Waals surface area contributed by atoms with Gasteiger partial charge >= 0.3 is 5.97 Å². The van der Waals surface area contributed by atoms with Crippen molar-refractivity contribution in [1.29, 1.82) is 0 Å². The highest BCUT2D eigenvalue weighted by Crippen LogP contribution is 2.24. The molecule has 0 aromatic heterocycles. The quantitative estimate of drug-likeness (QED) is 0.288. The number of rotatable bonds is 13. The van der Waals surface area contributed by atoms with E-state index in [1.807, 2.05) is 6.92 Å². The van der Waals surface area contributed by atoms with Gasteiger partial charge in [-0.05, 0) is 45.1 Å². The predicted molar refractivity (Wildman–Crippen MR) is 107 cm³/mol. The number of carbonyl (C=O) groups is 1. The molecule has 3 atom stereocenters. The average molecular weight is 389 g/mol. The first-order valence-electron chi connectivity index (χ1n) is 10.4. The maximum atomic E-state index is 12.2. The van der Waals surface area contributed by atoms with Crippen LogP contribution in [0, 0.1) is 5.92 Å². The minimum Gasteiger partial charge on any atom is -0.466 e. The zero-order chi connectivity index (χ0) is 19.4. The normalized spacial score (nSPS) is 20.6. The molecule has 1 aliphatic rings. The Hall–Kier alpha value is -0.433. The molecule has 0 saturated carbocycles. The summed E-state index contributed by atoms with van der Waals surface area (Å²) in [6, 6.07) is 0.780. The Balaban J connectivity index is 2.18. The summed E-state index contributed by atoms with van der Waals surface area (Å²) in [7, 11) is -1.45. The molecule has 1 fully saturated rings. The maximum absolute atomic E-state index is 12.2. The molecule has 3 unspecified atom stereocenters. The van der Waals surface area contributed by atoms with E-state index < -0.39 is 14.2 Å². The molecule has 0 aromatic carbocycles. The largest absolute Gasteiger partial charge is 0.466 e. The van der Waals surface area contributed by atoms with E-state index in [9.17, 15) is 9.90 Å². The Morgan fingerprint density at radius 1 is 1.19 bits per heavy atom. The smallest absolute Gasteiger partial charge is 0.311 e. The van der Waals surface area contributed by atoms with Crippen LogP contribution in [0.4, 0.5) is 0 Å². The Morgan fingerprint density at radius 3 is 2.54 bits per heavy atom. The van der Waals surface area contributed by atoms with Crippen LogP contribution in [0.1, 0.15) is 58.3 Å². The molecule has 0 amide bonds. The molecule has 6 heteroatoms. The average Bonchev–Trinajstić information content (AvgIpc) is 2.59. The van der Waals surface area contributed by atoms with Crippen molar-refractivity contribution in [2.45, 2.75) is 96.4 Å². The summed E-state index contributed by atoms with van der Waals surface area (Å²) in [5.74, 6) is -0.600. The first-order valence-corrected chi connectivity index (χ1v) is 14.1. The lowest BCUT2D eigenvalue weighted by molar-refractivity contribution is -0.162. The van der Waals surface area contributed by atoms with Gasteiger partial charge in [-0.15, -0.1) is 0 Å². The fourth-order valence-electron chi connectivity index (χ4n) is 3.35. The fraction of sp³-hybridized carbons (Fsp3) is 0.950. The van der Waals surface area contributed by atoms with Crippen molar-refractivity contribution in [3.8, 4) is 0 Å². The molecule has 1 saturated heterocycles. The molecule has 1 N–H and O–H groups in total. The Bertz CT molecular complexity index is 377. The molecule has 0 bridgehead atoms. The first-order chi connectivity index (χ1) is 12.3. The molecular weight excluding hydrogens is 348 g/mol. The van der Waals surface area contributed by atoms with Crippen molar-refractivity contribution in [3.05, 3.63) is 0 Å². The lowest BCUT2D eigenvalue weighted by Crippen LogP contribution is -2.36. The van der Waals surface area contributed by atoms with Gasteiger partial charge < -0.3 is 19.3 Å². The van der Waals surface area contributed by atoms with Crippen molar-refractivity contribution in [1.82, 2.24) is 0 Å². The number of ether oxygens (including phenoxy) is 3. The summed E-state index contributed by atoms with van der Waals surface area (Å²) >= 11 is 0. The van der Waals surface area contributed by atoms with Gasteiger partial charge in [0.25, 0.3) is 0 Å². The third kappa shape index (κ3) is 10.7. The van der Waals surface area contributed by atoms with Crippen molar-refractivity contribution >= 4 is 14.0 Å². The van der Waals surface area contributed by atoms with Gasteiger partial charge in [0.05, 0.1) is 18.6 Å². The number of aliphatic hydroxyl groups is 1. The third-order valence-corrected chi connectivity index (χ3v) is 6.39. The van der Waals surface area contributed by atoms with Gasteiger partial charge in [0, 0.05) is 21.3 Å². The summed E-state index contributed by atoms with van der Waals surface area (Å²) in [5, 5.41) is 10.5. The maximum Gasteiger partial charge on any atom is 0.311 e. The number of hydrogen-bond acceptors (Lipinski definition) is 5. The Morgan fingerprint density at radius 2 is 1.92 bits per heavy atom. The Labute approximate surface area is 160 Å². The highest BCUT2D eigenvalue weighted by molar-refractivity contribution is 6.76. The monoisotopic (exact) mass is 388 g/mol. The van der Waals surface area contributed by atoms with E-state index in [4.69, 9.17) is 14.2 Å². The van der Waals surface area contributed by atoms with E-state index >= 15 is 0 Å². The summed E-state index contributed by atoms with van der Waals surface area (Å²) < 4.78 is 16.5. The Kier molecular flexibility index (Phi) is 11.7. The van der Waals surface area contributed by atoms with Crippen LogP contribution in [0.3, 0.4) is 0 Å². The second-order valence-corrected chi connectivity index (χ2v) is 14.1. The molecule has 0 radical (unpaired) electrons. The van der Waals surface area contributed by atoms with Crippen molar-refractivity contribution in [2.24, 2.45) is 5.92 Å². The van der Waals surface area contributed by atoms with Gasteiger partial charge in [-0.1, -0.05) is 38.9 Å². The number of aliphatic hydroxyl groups excluding tert-OH is 1. The van der Waals surface area contributed by atoms with E-state index in [-0.39, 0.29) is 18.2 Å². The van der Waals surface area contributed by atoms with Crippen molar-refractivity contribution in [2.75, 3.05) is 19.8 Å². The molecule has 154 valence electrons. The van der Waals surface area contributed by atoms with Crippen LogP contribution in [-0.4, -0.2) is 51.4 Å². The van der Waals surface area contributed by atoms with Crippen LogP contribution in [0.25, 0.3) is 0 Å². The molecular formula is C20H40O5Si. The minimum absolute atomic E-state index is 0.00234. The lowest BCUT2D eigenvalue weighted by Gasteiger charge is -2.27. The highest BCUT2D eigenvalue weighted by Gasteiger charge is 2.32. The van der Waals surface area contributed by atoms with E-state index in [1.165, 1.54) is 6.42 Å². The van der Waals surface area contributed by atoms with E-state index in [1.54, 1.807) is 0 Å². The van der Waals surface area contributed by atoms with Crippen LogP contribution in [0.15, 0.2) is 0 Å². The third-order valence-electron chi connectivity index (χ3n) is 4.72. The van der Waals surface area contributed by atoms with Crippen LogP contribution in [0.2, 0.25) is 25.7 Å². The minimum atomic E-state index is -1.45. The number of unbranched alkanes of at least 4 members (excludes halogenated alkanes) is 3. The van der Waals surface area contributed by atoms with Gasteiger partial charge in [-0.3, -0.25) is 4.79 Å². The molecule has 26 heavy (non-hydrogen) atoms. The summed E-state index contributed by atoms with van der Waals surface area (Å²) in [6.07, 6.45) is 7.51. The number of hydrogen-bond donors (Lipinski definition) is 1. The standard InChI is InChI=1S/C20H40O5Si/c1-5-23-20(22)17(16-26(2,3)4)18(21)12-8-6-7-10-14-24-19-13-9-11-15-25-19/h17-19,21H,5-16H2,1-4H3. The topological polar surface area (TPSA) is 65.0 Å². The molecule has 1 heterocycles. The zero-order valence-electron chi connectivity index (χ0n) is 17.3. The molecule has 1 aliphatic heterocycles. The second kappa shape index (κ2) is 12.9. The van der Waals surface area contributed by atoms with Crippen LogP contribution >= 0.6 is 0 Å². The number of carbonyl (C=O) groups excluding carboxylic acids is 1. The zero-order valence-corrected chi connectivity index (χ0v) is 18.3. The van der Waals surface area contributed by atoms with Crippen molar-refractivity contribution in [3.63, 3.8) is 0 Å². The van der Waals surface area contributed by atoms with Crippen LogP contribution in [-0.2, 0) is 19.0 Å². The van der Waals surface area contributed by atoms with E-state index in [0.717, 1.165) is 57.8 Å². The summed E-state index contributed by atoms with van der Waals surface area (Å²) in [4.78, 5) is 12.2. The predicted octanol–water partition coefficient (Wildman–Crippen LogP) is 4.36. The van der Waals surface area contributed by atoms with Crippen LogP contribution in [0.5, 0.6) is 0 Å². The fourth-order valence-corrected chi connectivity index (χ4v) is 5.11. The molecule has 0 aromatic rings. The SMILES string of the molecule is CCOC(=O)C(C[Si](C)(C)C)C(O)CCCCCCOC1CCCCO1.